The Morgan fingerprint density at radius 1 is 0.812 bits per heavy atom. The minimum Gasteiger partial charge on any atom is -0.507 e. The zero-order valence-corrected chi connectivity index (χ0v) is 8.61. The van der Waals surface area contributed by atoms with Crippen LogP contribution in [0, 0.1) is 13.8 Å². The van der Waals surface area contributed by atoms with E-state index in [-0.39, 0.29) is 11.1 Å². The molecule has 6 heteroatoms. The predicted octanol–water partition coefficient (Wildman–Crippen LogP) is 1.11. The van der Waals surface area contributed by atoms with Gasteiger partial charge in [-0.05, 0) is 19.4 Å². The SMILES string of the molecule is Cc1c(O)c(C(=O)O)c(C)c(C(=O)O)c1O. The van der Waals surface area contributed by atoms with Gasteiger partial charge in [-0.2, -0.15) is 0 Å². The van der Waals surface area contributed by atoms with Crippen LogP contribution in [-0.2, 0) is 0 Å². The minimum atomic E-state index is -1.44. The number of carbonyl (C=O) groups is 2. The summed E-state index contributed by atoms with van der Waals surface area (Å²) in [5.74, 6) is -4.12. The second-order valence-electron chi connectivity index (χ2n) is 3.31. The highest BCUT2D eigenvalue weighted by Crippen LogP contribution is 2.36. The van der Waals surface area contributed by atoms with Crippen molar-refractivity contribution in [3.05, 3.63) is 22.3 Å². The first-order valence-corrected chi connectivity index (χ1v) is 4.30. The summed E-state index contributed by atoms with van der Waals surface area (Å²) >= 11 is 0. The highest BCUT2D eigenvalue weighted by molar-refractivity contribution is 6.01. The van der Waals surface area contributed by atoms with Crippen molar-refractivity contribution in [2.24, 2.45) is 0 Å². The zero-order chi connectivity index (χ0) is 12.6. The van der Waals surface area contributed by atoms with Crippen LogP contribution in [0.1, 0.15) is 31.8 Å². The van der Waals surface area contributed by atoms with Gasteiger partial charge in [0.15, 0.2) is 0 Å². The summed E-state index contributed by atoms with van der Waals surface area (Å²) in [5.41, 5.74) is -1.36. The van der Waals surface area contributed by atoms with Crippen LogP contribution in [0.2, 0.25) is 0 Å². The Balaban J connectivity index is 3.80. The molecule has 0 aliphatic heterocycles. The van der Waals surface area contributed by atoms with Gasteiger partial charge in [-0.15, -0.1) is 0 Å². The largest absolute Gasteiger partial charge is 0.507 e. The van der Waals surface area contributed by atoms with Crippen molar-refractivity contribution in [1.82, 2.24) is 0 Å². The Kier molecular flexibility index (Phi) is 2.76. The van der Waals surface area contributed by atoms with E-state index in [9.17, 15) is 19.8 Å². The van der Waals surface area contributed by atoms with Gasteiger partial charge < -0.3 is 20.4 Å². The Morgan fingerprint density at radius 3 is 1.38 bits per heavy atom. The summed E-state index contributed by atoms with van der Waals surface area (Å²) in [6.45, 7) is 2.45. The molecule has 0 aromatic heterocycles. The van der Waals surface area contributed by atoms with E-state index in [4.69, 9.17) is 10.2 Å². The van der Waals surface area contributed by atoms with Gasteiger partial charge in [-0.25, -0.2) is 9.59 Å². The molecule has 86 valence electrons. The van der Waals surface area contributed by atoms with Gasteiger partial charge in [-0.1, -0.05) is 0 Å². The summed E-state index contributed by atoms with van der Waals surface area (Å²) in [5, 5.41) is 36.7. The summed E-state index contributed by atoms with van der Waals surface area (Å²) in [6, 6.07) is 0. The highest BCUT2D eigenvalue weighted by atomic mass is 16.4. The molecule has 0 heterocycles. The van der Waals surface area contributed by atoms with Gasteiger partial charge in [0, 0.05) is 5.56 Å². The number of aromatic hydroxyl groups is 2. The summed E-state index contributed by atoms with van der Waals surface area (Å²) in [7, 11) is 0. The number of benzene rings is 1. The lowest BCUT2D eigenvalue weighted by Gasteiger charge is -2.12. The van der Waals surface area contributed by atoms with Crippen molar-refractivity contribution in [3.8, 4) is 11.5 Å². The number of hydrogen-bond donors (Lipinski definition) is 4. The van der Waals surface area contributed by atoms with E-state index in [0.717, 1.165) is 0 Å². The maximum atomic E-state index is 10.8. The fraction of sp³-hybridized carbons (Fsp3) is 0.200. The lowest BCUT2D eigenvalue weighted by Crippen LogP contribution is -2.09. The Labute approximate surface area is 90.4 Å². The summed E-state index contributed by atoms with van der Waals surface area (Å²) < 4.78 is 0. The van der Waals surface area contributed by atoms with Crippen LogP contribution in [0.3, 0.4) is 0 Å². The van der Waals surface area contributed by atoms with Crippen LogP contribution in [0.15, 0.2) is 0 Å². The molecule has 0 spiro atoms. The number of rotatable bonds is 2. The number of carboxylic acid groups (broad SMARTS) is 2. The van der Waals surface area contributed by atoms with E-state index in [2.05, 4.69) is 0 Å². The number of carboxylic acids is 2. The molecule has 0 saturated carbocycles. The monoisotopic (exact) mass is 226 g/mol. The highest BCUT2D eigenvalue weighted by Gasteiger charge is 2.26. The van der Waals surface area contributed by atoms with Crippen LogP contribution in [0.25, 0.3) is 0 Å². The third kappa shape index (κ3) is 1.54. The van der Waals surface area contributed by atoms with Crippen molar-refractivity contribution in [2.75, 3.05) is 0 Å². The lowest BCUT2D eigenvalue weighted by atomic mass is 9.96. The average molecular weight is 226 g/mol. The predicted molar refractivity (Wildman–Crippen MR) is 53.2 cm³/mol. The van der Waals surface area contributed by atoms with Crippen molar-refractivity contribution in [3.63, 3.8) is 0 Å². The van der Waals surface area contributed by atoms with E-state index in [1.54, 1.807) is 0 Å². The van der Waals surface area contributed by atoms with E-state index in [1.165, 1.54) is 13.8 Å². The van der Waals surface area contributed by atoms with Crippen LogP contribution in [0.4, 0.5) is 0 Å². The van der Waals surface area contributed by atoms with Crippen LogP contribution >= 0.6 is 0 Å². The van der Waals surface area contributed by atoms with Crippen LogP contribution in [0.5, 0.6) is 11.5 Å². The molecule has 0 atom stereocenters. The molecular weight excluding hydrogens is 216 g/mol. The topological polar surface area (TPSA) is 115 Å². The van der Waals surface area contributed by atoms with E-state index >= 15 is 0 Å². The molecule has 0 unspecified atom stereocenters. The smallest absolute Gasteiger partial charge is 0.339 e. The van der Waals surface area contributed by atoms with Gasteiger partial charge in [0.2, 0.25) is 0 Å². The molecule has 0 bridgehead atoms. The Bertz CT molecular complexity index is 448. The summed E-state index contributed by atoms with van der Waals surface area (Å²) in [4.78, 5) is 21.7. The molecule has 0 aliphatic carbocycles. The fourth-order valence-electron chi connectivity index (χ4n) is 1.49. The fourth-order valence-corrected chi connectivity index (χ4v) is 1.49. The number of hydrogen-bond acceptors (Lipinski definition) is 4. The van der Waals surface area contributed by atoms with Crippen molar-refractivity contribution in [2.45, 2.75) is 13.8 Å². The standard InChI is InChI=1S/C10H10O6/c1-3-5(9(13)14)7(11)4(2)8(12)6(3)10(15)16/h11-12H,1-2H3,(H,13,14)(H,15,16). The number of phenols is 2. The second kappa shape index (κ2) is 3.73. The first kappa shape index (κ1) is 11.8. The second-order valence-corrected chi connectivity index (χ2v) is 3.31. The Hall–Kier alpha value is -2.24. The first-order chi connectivity index (χ1) is 7.29. The van der Waals surface area contributed by atoms with Crippen LogP contribution < -0.4 is 0 Å². The minimum absolute atomic E-state index is 0.166. The van der Waals surface area contributed by atoms with Gasteiger partial charge in [0.25, 0.3) is 0 Å². The van der Waals surface area contributed by atoms with Gasteiger partial charge in [0.1, 0.15) is 22.6 Å². The van der Waals surface area contributed by atoms with E-state index < -0.39 is 34.6 Å². The molecule has 16 heavy (non-hydrogen) atoms. The molecule has 0 amide bonds. The molecule has 4 N–H and O–H groups in total. The Morgan fingerprint density at radius 2 is 1.12 bits per heavy atom. The molecule has 6 nitrogen and oxygen atoms in total. The van der Waals surface area contributed by atoms with E-state index in [1.807, 2.05) is 0 Å². The van der Waals surface area contributed by atoms with Gasteiger partial charge >= 0.3 is 11.9 Å². The third-order valence-corrected chi connectivity index (χ3v) is 2.36. The molecular formula is C10H10O6. The maximum absolute atomic E-state index is 10.8. The number of aromatic carboxylic acids is 2. The summed E-state index contributed by atoms with van der Waals surface area (Å²) in [6.07, 6.45) is 0. The molecule has 0 radical (unpaired) electrons. The van der Waals surface area contributed by atoms with Crippen LogP contribution in [-0.4, -0.2) is 32.4 Å². The average Bonchev–Trinajstić information content (AvgIpc) is 2.13. The van der Waals surface area contributed by atoms with Gasteiger partial charge in [-0.3, -0.25) is 0 Å². The zero-order valence-electron chi connectivity index (χ0n) is 8.61. The van der Waals surface area contributed by atoms with Crippen molar-refractivity contribution in [1.29, 1.82) is 0 Å². The molecule has 1 rings (SSSR count). The molecule has 1 aromatic carbocycles. The van der Waals surface area contributed by atoms with E-state index in [0.29, 0.717) is 0 Å². The maximum Gasteiger partial charge on any atom is 0.339 e. The molecule has 0 saturated heterocycles. The quantitative estimate of drug-likeness (QED) is 0.600. The normalized spacial score (nSPS) is 10.1. The van der Waals surface area contributed by atoms with Crippen molar-refractivity contribution >= 4 is 11.9 Å². The third-order valence-electron chi connectivity index (χ3n) is 2.36. The van der Waals surface area contributed by atoms with Gasteiger partial charge in [0.05, 0.1) is 0 Å². The lowest BCUT2D eigenvalue weighted by molar-refractivity contribution is 0.0692. The molecule has 0 fully saturated rings. The molecule has 0 aliphatic rings. The first-order valence-electron chi connectivity index (χ1n) is 4.30. The molecule has 1 aromatic rings. The van der Waals surface area contributed by atoms with Crippen molar-refractivity contribution < 1.29 is 30.0 Å².